The quantitative estimate of drug-likeness (QED) is 0.388. The predicted octanol–water partition coefficient (Wildman–Crippen LogP) is 5.29. The van der Waals surface area contributed by atoms with Crippen molar-refractivity contribution in [2.75, 3.05) is 7.11 Å². The van der Waals surface area contributed by atoms with Gasteiger partial charge in [0.05, 0.1) is 18.4 Å². The van der Waals surface area contributed by atoms with Gasteiger partial charge in [-0.3, -0.25) is 4.57 Å². The monoisotopic (exact) mass is 480 g/mol. The van der Waals surface area contributed by atoms with Gasteiger partial charge < -0.3 is 4.74 Å². The zero-order chi connectivity index (χ0) is 24.6. The van der Waals surface area contributed by atoms with Gasteiger partial charge in [-0.1, -0.05) is 12.1 Å². The van der Waals surface area contributed by atoms with Gasteiger partial charge in [0.1, 0.15) is 12.2 Å². The summed E-state index contributed by atoms with van der Waals surface area (Å²) in [5.74, 6) is 2.44. The van der Waals surface area contributed by atoms with Gasteiger partial charge in [0.25, 0.3) is 0 Å². The molecule has 0 unspecified atom stereocenters. The first-order chi connectivity index (χ1) is 16.8. The summed E-state index contributed by atoms with van der Waals surface area (Å²) in [5.41, 5.74) is 1.85. The van der Waals surface area contributed by atoms with E-state index in [9.17, 15) is 13.2 Å². The highest BCUT2D eigenvalue weighted by molar-refractivity contribution is 5.67. The summed E-state index contributed by atoms with van der Waals surface area (Å²) >= 11 is 0. The third-order valence-electron chi connectivity index (χ3n) is 5.99. The molecule has 3 aromatic heterocycles. The summed E-state index contributed by atoms with van der Waals surface area (Å²) in [7, 11) is 1.59. The maximum atomic E-state index is 12.9. The van der Waals surface area contributed by atoms with E-state index in [1.165, 1.54) is 12.1 Å². The first-order valence-corrected chi connectivity index (χ1v) is 11.2. The molecule has 1 aliphatic heterocycles. The molecule has 4 heterocycles. The standard InChI is InChI=1S/C25H23F3N6O/c1-16-14-33(15-30-16)24-21(35-2)12-17(13-29-24)5-10-22-31-23-20(4-3-11-34(23)32-22)18-6-8-19(9-7-18)25(26,27)28/h5-10,12-15,20H,3-4,11H2,1-2H3/t20-/m1/s1. The maximum Gasteiger partial charge on any atom is 0.416 e. The summed E-state index contributed by atoms with van der Waals surface area (Å²) in [6.07, 6.45) is 6.27. The Morgan fingerprint density at radius 2 is 1.91 bits per heavy atom. The molecule has 1 aliphatic rings. The number of alkyl halides is 3. The lowest BCUT2D eigenvalue weighted by Crippen LogP contribution is -2.18. The van der Waals surface area contributed by atoms with E-state index in [2.05, 4.69) is 20.1 Å². The summed E-state index contributed by atoms with van der Waals surface area (Å²) in [6, 6.07) is 7.19. The molecule has 0 saturated carbocycles. The van der Waals surface area contributed by atoms with E-state index in [1.807, 2.05) is 29.9 Å². The molecule has 0 saturated heterocycles. The van der Waals surface area contributed by atoms with Crippen LogP contribution in [-0.4, -0.2) is 36.4 Å². The van der Waals surface area contributed by atoms with Crippen molar-refractivity contribution in [1.29, 1.82) is 0 Å². The van der Waals surface area contributed by atoms with Gasteiger partial charge in [0.2, 0.25) is 0 Å². The first kappa shape index (κ1) is 22.8. The minimum absolute atomic E-state index is 0.0969. The molecule has 0 fully saturated rings. The van der Waals surface area contributed by atoms with Crippen molar-refractivity contribution in [2.45, 2.75) is 38.4 Å². The average molecular weight is 480 g/mol. The largest absolute Gasteiger partial charge is 0.493 e. The SMILES string of the molecule is COc1cc(C=Cc2nc3n(n2)CCC[C@@H]3c2ccc(C(F)(F)F)cc2)cnc1-n1cnc(C)c1. The maximum absolute atomic E-state index is 12.9. The van der Waals surface area contributed by atoms with Crippen LogP contribution in [0.2, 0.25) is 0 Å². The number of ether oxygens (including phenoxy) is 1. The molecule has 0 radical (unpaired) electrons. The molecular formula is C25H23F3N6O. The molecule has 10 heteroatoms. The molecule has 0 aliphatic carbocycles. The van der Waals surface area contributed by atoms with Gasteiger partial charge in [-0.2, -0.15) is 18.3 Å². The number of hydrogen-bond donors (Lipinski definition) is 0. The van der Waals surface area contributed by atoms with Crippen molar-refractivity contribution in [1.82, 2.24) is 29.3 Å². The van der Waals surface area contributed by atoms with Crippen molar-refractivity contribution >= 4 is 12.2 Å². The minimum Gasteiger partial charge on any atom is -0.493 e. The molecule has 4 aromatic rings. The summed E-state index contributed by atoms with van der Waals surface area (Å²) in [4.78, 5) is 13.4. The van der Waals surface area contributed by atoms with E-state index in [0.717, 1.165) is 54.2 Å². The van der Waals surface area contributed by atoms with Crippen LogP contribution in [0.25, 0.3) is 18.0 Å². The summed E-state index contributed by atoms with van der Waals surface area (Å²) in [6.45, 7) is 2.63. The lowest BCUT2D eigenvalue weighted by atomic mass is 9.90. The second-order valence-electron chi connectivity index (χ2n) is 8.42. The molecule has 0 spiro atoms. The zero-order valence-corrected chi connectivity index (χ0v) is 19.2. The van der Waals surface area contributed by atoms with Crippen molar-refractivity contribution in [3.63, 3.8) is 0 Å². The number of aromatic nitrogens is 6. The molecule has 0 bridgehead atoms. The highest BCUT2D eigenvalue weighted by Gasteiger charge is 2.31. The molecular weight excluding hydrogens is 457 g/mol. The summed E-state index contributed by atoms with van der Waals surface area (Å²) < 4.78 is 48.0. The number of benzene rings is 1. The first-order valence-electron chi connectivity index (χ1n) is 11.2. The second kappa shape index (κ2) is 9.01. The fourth-order valence-electron chi connectivity index (χ4n) is 4.26. The van der Waals surface area contributed by atoms with Crippen LogP contribution >= 0.6 is 0 Å². The van der Waals surface area contributed by atoms with E-state index in [0.29, 0.717) is 17.4 Å². The van der Waals surface area contributed by atoms with Crippen LogP contribution < -0.4 is 4.74 Å². The van der Waals surface area contributed by atoms with Crippen LogP contribution in [0.1, 0.15) is 52.8 Å². The Morgan fingerprint density at radius 1 is 1.11 bits per heavy atom. The Kier molecular flexibility index (Phi) is 5.88. The highest BCUT2D eigenvalue weighted by Crippen LogP contribution is 2.35. The molecule has 0 N–H and O–H groups in total. The van der Waals surface area contributed by atoms with E-state index in [4.69, 9.17) is 4.74 Å². The Morgan fingerprint density at radius 3 is 2.60 bits per heavy atom. The second-order valence-corrected chi connectivity index (χ2v) is 8.42. The normalized spacial score (nSPS) is 16.0. The Bertz CT molecular complexity index is 1370. The van der Waals surface area contributed by atoms with Crippen LogP contribution in [0.5, 0.6) is 5.75 Å². The van der Waals surface area contributed by atoms with Gasteiger partial charge >= 0.3 is 6.18 Å². The summed E-state index contributed by atoms with van der Waals surface area (Å²) in [5, 5.41) is 4.58. The lowest BCUT2D eigenvalue weighted by molar-refractivity contribution is -0.137. The van der Waals surface area contributed by atoms with Crippen molar-refractivity contribution < 1.29 is 17.9 Å². The van der Waals surface area contributed by atoms with Gasteiger partial charge in [-0.05, 0) is 61.2 Å². The molecule has 5 rings (SSSR count). The fourth-order valence-corrected chi connectivity index (χ4v) is 4.26. The van der Waals surface area contributed by atoms with Crippen LogP contribution in [0.4, 0.5) is 13.2 Å². The molecule has 180 valence electrons. The number of imidazole rings is 1. The van der Waals surface area contributed by atoms with Gasteiger partial charge in [-0.25, -0.2) is 19.6 Å². The topological polar surface area (TPSA) is 70.7 Å². The zero-order valence-electron chi connectivity index (χ0n) is 19.2. The Labute approximate surface area is 199 Å². The molecule has 0 amide bonds. The number of rotatable bonds is 5. The van der Waals surface area contributed by atoms with Crippen LogP contribution in [0, 0.1) is 6.92 Å². The smallest absolute Gasteiger partial charge is 0.416 e. The lowest BCUT2D eigenvalue weighted by Gasteiger charge is -2.22. The van der Waals surface area contributed by atoms with E-state index in [1.54, 1.807) is 30.3 Å². The number of hydrogen-bond acceptors (Lipinski definition) is 5. The number of fused-ring (bicyclic) bond motifs is 1. The number of pyridine rings is 1. The van der Waals surface area contributed by atoms with Gasteiger partial charge in [0, 0.05) is 24.9 Å². The Hall–Kier alpha value is -3.95. The van der Waals surface area contributed by atoms with Crippen molar-refractivity contribution in [3.8, 4) is 11.6 Å². The van der Waals surface area contributed by atoms with Crippen LogP contribution in [0.15, 0.2) is 49.1 Å². The molecule has 1 aromatic carbocycles. The molecule has 7 nitrogen and oxygen atoms in total. The molecule has 35 heavy (non-hydrogen) atoms. The third kappa shape index (κ3) is 4.68. The minimum atomic E-state index is -4.35. The van der Waals surface area contributed by atoms with Crippen molar-refractivity contribution in [2.24, 2.45) is 0 Å². The van der Waals surface area contributed by atoms with Gasteiger partial charge in [0.15, 0.2) is 17.4 Å². The van der Waals surface area contributed by atoms with E-state index in [-0.39, 0.29) is 5.92 Å². The molecule has 1 atom stereocenters. The van der Waals surface area contributed by atoms with Crippen LogP contribution in [0.3, 0.4) is 0 Å². The Balaban J connectivity index is 1.38. The number of halogens is 3. The predicted molar refractivity (Wildman–Crippen MR) is 124 cm³/mol. The number of aryl methyl sites for hydroxylation is 2. The third-order valence-corrected chi connectivity index (χ3v) is 5.99. The van der Waals surface area contributed by atoms with E-state index < -0.39 is 11.7 Å². The highest BCUT2D eigenvalue weighted by atomic mass is 19.4. The number of nitrogens with zero attached hydrogens (tertiary/aromatic N) is 6. The van der Waals surface area contributed by atoms with Gasteiger partial charge in [-0.15, -0.1) is 0 Å². The average Bonchev–Trinajstić information content (AvgIpc) is 3.47. The van der Waals surface area contributed by atoms with Crippen LogP contribution in [-0.2, 0) is 12.7 Å². The van der Waals surface area contributed by atoms with Crippen molar-refractivity contribution in [3.05, 3.63) is 83.1 Å². The van der Waals surface area contributed by atoms with E-state index >= 15 is 0 Å². The fraction of sp³-hybridized carbons (Fsp3) is 0.280. The number of methoxy groups -OCH3 is 1.